The lowest BCUT2D eigenvalue weighted by Gasteiger charge is -1.98. The maximum atomic E-state index is 11.0. The van der Waals surface area contributed by atoms with Gasteiger partial charge in [0.1, 0.15) is 5.78 Å². The van der Waals surface area contributed by atoms with Crippen molar-refractivity contribution in [1.29, 1.82) is 0 Å². The van der Waals surface area contributed by atoms with Gasteiger partial charge in [0.15, 0.2) is 0 Å². The molecule has 0 saturated heterocycles. The van der Waals surface area contributed by atoms with Crippen LogP contribution in [0.4, 0.5) is 0 Å². The zero-order valence-corrected chi connectivity index (χ0v) is 7.56. The molecule has 0 heterocycles. The molecule has 0 N–H and O–H groups in total. The number of carbonyl (C=O) groups is 1. The highest BCUT2D eigenvalue weighted by Gasteiger charge is 1.99. The van der Waals surface area contributed by atoms with Crippen LogP contribution in [0.25, 0.3) is 0 Å². The summed E-state index contributed by atoms with van der Waals surface area (Å²) in [5.41, 5.74) is 0. The third-order valence-corrected chi connectivity index (χ3v) is 1.64. The fraction of sp³-hybridized carbons (Fsp3) is 0.889. The van der Waals surface area contributed by atoms with Crippen molar-refractivity contribution in [2.75, 3.05) is 13.7 Å². The fourth-order valence-electron chi connectivity index (χ4n) is 0.913. The molecule has 0 aromatic heterocycles. The summed E-state index contributed by atoms with van der Waals surface area (Å²) in [4.78, 5) is 11.0. The molecule has 66 valence electrons. The highest BCUT2D eigenvalue weighted by Crippen LogP contribution is 2.01. The minimum absolute atomic E-state index is 0.334. The van der Waals surface area contributed by atoms with Gasteiger partial charge in [-0.2, -0.15) is 0 Å². The number of hydrogen-bond acceptors (Lipinski definition) is 2. The van der Waals surface area contributed by atoms with Gasteiger partial charge in [-0.1, -0.05) is 19.8 Å². The zero-order valence-electron chi connectivity index (χ0n) is 7.56. The Morgan fingerprint density at radius 1 is 1.27 bits per heavy atom. The van der Waals surface area contributed by atoms with Crippen LogP contribution in [0, 0.1) is 0 Å². The molecule has 0 aliphatic heterocycles. The lowest BCUT2D eigenvalue weighted by molar-refractivity contribution is -0.120. The number of Topliss-reactive ketones (excluding diaryl/α,β-unsaturated/α-hetero) is 1. The maximum Gasteiger partial charge on any atom is 0.135 e. The molecule has 0 spiro atoms. The van der Waals surface area contributed by atoms with Crippen LogP contribution < -0.4 is 0 Å². The Kier molecular flexibility index (Phi) is 7.47. The quantitative estimate of drug-likeness (QED) is 0.531. The highest BCUT2D eigenvalue weighted by molar-refractivity contribution is 5.78. The number of rotatable bonds is 7. The molecule has 0 aromatic rings. The third kappa shape index (κ3) is 7.53. The SMILES string of the molecule is CCCCCC(=O)CCOC. The van der Waals surface area contributed by atoms with Crippen LogP contribution >= 0.6 is 0 Å². The van der Waals surface area contributed by atoms with Crippen molar-refractivity contribution in [3.05, 3.63) is 0 Å². The minimum Gasteiger partial charge on any atom is -0.384 e. The highest BCUT2D eigenvalue weighted by atomic mass is 16.5. The van der Waals surface area contributed by atoms with Crippen LogP contribution in [0.15, 0.2) is 0 Å². The summed E-state index contributed by atoms with van der Waals surface area (Å²) in [7, 11) is 1.62. The van der Waals surface area contributed by atoms with E-state index in [1.165, 1.54) is 12.8 Å². The van der Waals surface area contributed by atoms with Crippen LogP contribution in [-0.4, -0.2) is 19.5 Å². The Morgan fingerprint density at radius 3 is 2.55 bits per heavy atom. The molecule has 0 aromatic carbocycles. The average molecular weight is 158 g/mol. The molecule has 2 heteroatoms. The molecule has 0 rings (SSSR count). The van der Waals surface area contributed by atoms with Gasteiger partial charge in [0.2, 0.25) is 0 Å². The summed E-state index contributed by atoms with van der Waals surface area (Å²) in [5, 5.41) is 0. The van der Waals surface area contributed by atoms with Crippen molar-refractivity contribution < 1.29 is 9.53 Å². The van der Waals surface area contributed by atoms with E-state index in [2.05, 4.69) is 6.92 Å². The smallest absolute Gasteiger partial charge is 0.135 e. The van der Waals surface area contributed by atoms with E-state index in [1.807, 2.05) is 0 Å². The van der Waals surface area contributed by atoms with E-state index in [0.29, 0.717) is 18.8 Å². The van der Waals surface area contributed by atoms with Crippen molar-refractivity contribution in [1.82, 2.24) is 0 Å². The molecule has 0 bridgehead atoms. The van der Waals surface area contributed by atoms with Crippen molar-refractivity contribution in [3.63, 3.8) is 0 Å². The minimum atomic E-state index is 0.334. The summed E-state index contributed by atoms with van der Waals surface area (Å²) < 4.78 is 4.80. The molecular weight excluding hydrogens is 140 g/mol. The second-order valence-corrected chi connectivity index (χ2v) is 2.74. The first-order chi connectivity index (χ1) is 5.31. The van der Waals surface area contributed by atoms with Crippen LogP contribution in [-0.2, 0) is 9.53 Å². The number of hydrogen-bond donors (Lipinski definition) is 0. The van der Waals surface area contributed by atoms with E-state index in [1.54, 1.807) is 7.11 Å². The Balaban J connectivity index is 3.09. The Labute approximate surface area is 68.9 Å². The summed E-state index contributed by atoms with van der Waals surface area (Å²) in [5.74, 6) is 0.334. The molecule has 0 saturated carbocycles. The topological polar surface area (TPSA) is 26.3 Å². The summed E-state index contributed by atoms with van der Waals surface area (Å²) >= 11 is 0. The van der Waals surface area contributed by atoms with Crippen molar-refractivity contribution in [3.8, 4) is 0 Å². The van der Waals surface area contributed by atoms with Crippen LogP contribution in [0.3, 0.4) is 0 Å². The first kappa shape index (κ1) is 10.6. The van der Waals surface area contributed by atoms with Gasteiger partial charge < -0.3 is 4.74 Å². The molecule has 0 unspecified atom stereocenters. The first-order valence-electron chi connectivity index (χ1n) is 4.32. The van der Waals surface area contributed by atoms with Gasteiger partial charge in [-0.25, -0.2) is 0 Å². The van der Waals surface area contributed by atoms with Gasteiger partial charge in [-0.3, -0.25) is 4.79 Å². The Hall–Kier alpha value is -0.370. The molecule has 0 aliphatic rings. The van der Waals surface area contributed by atoms with Crippen molar-refractivity contribution in [2.24, 2.45) is 0 Å². The molecule has 0 amide bonds. The van der Waals surface area contributed by atoms with Gasteiger partial charge in [0.25, 0.3) is 0 Å². The van der Waals surface area contributed by atoms with Gasteiger partial charge in [0.05, 0.1) is 6.61 Å². The van der Waals surface area contributed by atoms with Crippen molar-refractivity contribution >= 4 is 5.78 Å². The Morgan fingerprint density at radius 2 is 2.00 bits per heavy atom. The summed E-state index contributed by atoms with van der Waals surface area (Å²) in [6.07, 6.45) is 4.70. The van der Waals surface area contributed by atoms with E-state index in [9.17, 15) is 4.79 Å². The second kappa shape index (κ2) is 7.73. The molecule has 0 radical (unpaired) electrons. The second-order valence-electron chi connectivity index (χ2n) is 2.74. The van der Waals surface area contributed by atoms with E-state index in [-0.39, 0.29) is 0 Å². The van der Waals surface area contributed by atoms with E-state index >= 15 is 0 Å². The normalized spacial score (nSPS) is 10.0. The van der Waals surface area contributed by atoms with Gasteiger partial charge >= 0.3 is 0 Å². The number of ether oxygens (including phenoxy) is 1. The number of ketones is 1. The van der Waals surface area contributed by atoms with Gasteiger partial charge in [-0.15, -0.1) is 0 Å². The van der Waals surface area contributed by atoms with E-state index in [0.717, 1.165) is 12.8 Å². The van der Waals surface area contributed by atoms with E-state index in [4.69, 9.17) is 4.74 Å². The van der Waals surface area contributed by atoms with Crippen LogP contribution in [0.5, 0.6) is 0 Å². The average Bonchev–Trinajstić information content (AvgIpc) is 2.01. The lowest BCUT2D eigenvalue weighted by atomic mass is 10.1. The first-order valence-corrected chi connectivity index (χ1v) is 4.32. The van der Waals surface area contributed by atoms with Gasteiger partial charge in [0, 0.05) is 20.0 Å². The van der Waals surface area contributed by atoms with Crippen molar-refractivity contribution in [2.45, 2.75) is 39.0 Å². The molecular formula is C9H18O2. The van der Waals surface area contributed by atoms with Crippen LogP contribution in [0.1, 0.15) is 39.0 Å². The molecule has 0 aliphatic carbocycles. The predicted molar refractivity (Wildman–Crippen MR) is 45.6 cm³/mol. The molecule has 2 nitrogen and oxygen atoms in total. The Bertz CT molecular complexity index is 99.7. The largest absolute Gasteiger partial charge is 0.384 e. The number of carbonyl (C=O) groups excluding carboxylic acids is 1. The third-order valence-electron chi connectivity index (χ3n) is 1.64. The number of unbranched alkanes of at least 4 members (excludes halogenated alkanes) is 2. The monoisotopic (exact) mass is 158 g/mol. The maximum absolute atomic E-state index is 11.0. The lowest BCUT2D eigenvalue weighted by Crippen LogP contribution is -2.01. The molecule has 11 heavy (non-hydrogen) atoms. The van der Waals surface area contributed by atoms with E-state index < -0.39 is 0 Å². The van der Waals surface area contributed by atoms with Gasteiger partial charge in [-0.05, 0) is 6.42 Å². The predicted octanol–water partition coefficient (Wildman–Crippen LogP) is 2.17. The molecule has 0 atom stereocenters. The fourth-order valence-corrected chi connectivity index (χ4v) is 0.913. The van der Waals surface area contributed by atoms with Crippen LogP contribution in [0.2, 0.25) is 0 Å². The summed E-state index contributed by atoms with van der Waals surface area (Å²) in [6.45, 7) is 2.71. The number of methoxy groups -OCH3 is 1. The molecule has 0 fully saturated rings. The zero-order chi connectivity index (χ0) is 8.53. The summed E-state index contributed by atoms with van der Waals surface area (Å²) in [6, 6.07) is 0. The standard InChI is InChI=1S/C9H18O2/c1-3-4-5-6-9(10)7-8-11-2/h3-8H2,1-2H3.